The molecular formula is C23H25ClN2O3. The van der Waals surface area contributed by atoms with Crippen molar-refractivity contribution in [3.63, 3.8) is 0 Å². The van der Waals surface area contributed by atoms with E-state index in [4.69, 9.17) is 16.3 Å². The van der Waals surface area contributed by atoms with Gasteiger partial charge in [0, 0.05) is 30.5 Å². The van der Waals surface area contributed by atoms with Gasteiger partial charge in [-0.2, -0.15) is 0 Å². The van der Waals surface area contributed by atoms with Crippen LogP contribution in [-0.2, 0) is 14.3 Å². The van der Waals surface area contributed by atoms with Gasteiger partial charge in [0.2, 0.25) is 0 Å². The number of anilines is 1. The predicted molar refractivity (Wildman–Crippen MR) is 116 cm³/mol. The lowest BCUT2D eigenvalue weighted by Crippen LogP contribution is -2.34. The van der Waals surface area contributed by atoms with Gasteiger partial charge >= 0.3 is 0 Å². The third-order valence-corrected chi connectivity index (χ3v) is 4.91. The number of rotatable bonds is 10. The number of unbranched alkanes of at least 4 members (excludes halogenated alkanes) is 1. The van der Waals surface area contributed by atoms with Gasteiger partial charge in [0.25, 0.3) is 11.8 Å². The number of hydrogen-bond acceptors (Lipinski definition) is 4. The molecule has 2 aromatic rings. The molecule has 1 heterocycles. The molecule has 1 N–H and O–H groups in total. The van der Waals surface area contributed by atoms with Crippen molar-refractivity contribution in [2.45, 2.75) is 26.2 Å². The Hall–Kier alpha value is -2.63. The largest absolute Gasteiger partial charge is 0.381 e. The van der Waals surface area contributed by atoms with Crippen LogP contribution in [0.5, 0.6) is 0 Å². The molecule has 0 fully saturated rings. The smallest absolute Gasteiger partial charge is 0.278 e. The average molecular weight is 413 g/mol. The summed E-state index contributed by atoms with van der Waals surface area (Å²) in [6, 6.07) is 16.3. The van der Waals surface area contributed by atoms with Crippen LogP contribution >= 0.6 is 11.6 Å². The fourth-order valence-electron chi connectivity index (χ4n) is 3.12. The molecule has 0 saturated carbocycles. The molecule has 0 radical (unpaired) electrons. The normalized spacial score (nSPS) is 14.1. The van der Waals surface area contributed by atoms with Crippen molar-refractivity contribution in [2.75, 3.05) is 25.1 Å². The van der Waals surface area contributed by atoms with Crippen LogP contribution in [-0.4, -0.2) is 36.5 Å². The van der Waals surface area contributed by atoms with Crippen molar-refractivity contribution in [1.29, 1.82) is 0 Å². The first-order valence-electron chi connectivity index (χ1n) is 9.88. The number of para-hydroxylation sites is 1. The summed E-state index contributed by atoms with van der Waals surface area (Å²) in [5.74, 6) is -0.623. The summed E-state index contributed by atoms with van der Waals surface area (Å²) in [5.41, 5.74) is 2.06. The maximum Gasteiger partial charge on any atom is 0.278 e. The highest BCUT2D eigenvalue weighted by Crippen LogP contribution is 2.31. The van der Waals surface area contributed by atoms with Gasteiger partial charge in [0.05, 0.1) is 5.57 Å². The minimum atomic E-state index is -0.322. The molecule has 5 nitrogen and oxygen atoms in total. The van der Waals surface area contributed by atoms with Gasteiger partial charge in [0.1, 0.15) is 5.70 Å². The van der Waals surface area contributed by atoms with Gasteiger partial charge in [0.15, 0.2) is 0 Å². The summed E-state index contributed by atoms with van der Waals surface area (Å²) in [6.45, 7) is 3.65. The standard InChI is InChI=1S/C23H25ClN2O3/c1-2-3-15-29-16-7-14-26-22(27)20(17-10-12-18(24)13-11-17)21(23(26)28)25-19-8-5-4-6-9-19/h4-6,8-13,25H,2-3,7,14-16H2,1H3. The number of carbonyl (C=O) groups is 2. The van der Waals surface area contributed by atoms with Crippen LogP contribution in [0, 0.1) is 0 Å². The number of nitrogens with zero attached hydrogens (tertiary/aromatic N) is 1. The van der Waals surface area contributed by atoms with E-state index in [2.05, 4.69) is 12.2 Å². The monoisotopic (exact) mass is 412 g/mol. The van der Waals surface area contributed by atoms with E-state index in [1.165, 1.54) is 4.90 Å². The lowest BCUT2D eigenvalue weighted by Gasteiger charge is -2.15. The van der Waals surface area contributed by atoms with Gasteiger partial charge in [-0.05, 0) is 42.7 Å². The van der Waals surface area contributed by atoms with Gasteiger partial charge in [-0.3, -0.25) is 14.5 Å². The van der Waals surface area contributed by atoms with E-state index in [0.717, 1.165) is 18.5 Å². The molecule has 6 heteroatoms. The second-order valence-electron chi connectivity index (χ2n) is 6.83. The van der Waals surface area contributed by atoms with Crippen LogP contribution in [0.2, 0.25) is 5.02 Å². The molecule has 152 valence electrons. The zero-order valence-electron chi connectivity index (χ0n) is 16.5. The Morgan fingerprint density at radius 2 is 1.62 bits per heavy atom. The Bertz CT molecular complexity index is 879. The Labute approximate surface area is 176 Å². The second kappa shape index (κ2) is 10.2. The Morgan fingerprint density at radius 3 is 2.31 bits per heavy atom. The van der Waals surface area contributed by atoms with E-state index in [9.17, 15) is 9.59 Å². The van der Waals surface area contributed by atoms with Gasteiger partial charge in [-0.15, -0.1) is 0 Å². The summed E-state index contributed by atoms with van der Waals surface area (Å²) in [7, 11) is 0. The molecule has 0 aromatic heterocycles. The summed E-state index contributed by atoms with van der Waals surface area (Å²) >= 11 is 5.99. The van der Waals surface area contributed by atoms with Crippen LogP contribution in [0.25, 0.3) is 5.57 Å². The van der Waals surface area contributed by atoms with E-state index in [-0.39, 0.29) is 17.5 Å². The molecule has 0 aliphatic carbocycles. The van der Waals surface area contributed by atoms with E-state index in [0.29, 0.717) is 42.3 Å². The summed E-state index contributed by atoms with van der Waals surface area (Å²) < 4.78 is 5.56. The number of nitrogens with one attached hydrogen (secondary N) is 1. The average Bonchev–Trinajstić information content (AvgIpc) is 2.96. The highest BCUT2D eigenvalue weighted by Gasteiger charge is 2.38. The first kappa shape index (κ1) is 21.1. The van der Waals surface area contributed by atoms with Crippen molar-refractivity contribution in [3.8, 4) is 0 Å². The number of benzene rings is 2. The fourth-order valence-corrected chi connectivity index (χ4v) is 3.24. The van der Waals surface area contributed by atoms with Crippen LogP contribution in [0.1, 0.15) is 31.7 Å². The molecule has 0 bridgehead atoms. The number of imide groups is 1. The first-order valence-corrected chi connectivity index (χ1v) is 10.3. The molecule has 1 aliphatic heterocycles. The molecular weight excluding hydrogens is 388 g/mol. The molecule has 0 saturated heterocycles. The number of carbonyl (C=O) groups excluding carboxylic acids is 2. The second-order valence-corrected chi connectivity index (χ2v) is 7.27. The van der Waals surface area contributed by atoms with E-state index in [1.807, 2.05) is 30.3 Å². The SMILES string of the molecule is CCCCOCCCN1C(=O)C(Nc2ccccc2)=C(c2ccc(Cl)cc2)C1=O. The van der Waals surface area contributed by atoms with Crippen molar-refractivity contribution >= 4 is 34.7 Å². The lowest BCUT2D eigenvalue weighted by atomic mass is 10.0. The summed E-state index contributed by atoms with van der Waals surface area (Å²) in [5, 5.41) is 3.71. The topological polar surface area (TPSA) is 58.6 Å². The number of ether oxygens (including phenoxy) is 1. The molecule has 3 rings (SSSR count). The molecule has 2 amide bonds. The highest BCUT2D eigenvalue weighted by molar-refractivity contribution is 6.36. The van der Waals surface area contributed by atoms with Crippen molar-refractivity contribution in [3.05, 3.63) is 70.9 Å². The molecule has 29 heavy (non-hydrogen) atoms. The maximum absolute atomic E-state index is 13.1. The van der Waals surface area contributed by atoms with Gasteiger partial charge in [-0.25, -0.2) is 0 Å². The minimum absolute atomic E-state index is 0.287. The quantitative estimate of drug-likeness (QED) is 0.452. The van der Waals surface area contributed by atoms with Crippen molar-refractivity contribution in [2.24, 2.45) is 0 Å². The molecule has 0 unspecified atom stereocenters. The van der Waals surface area contributed by atoms with E-state index in [1.54, 1.807) is 24.3 Å². The van der Waals surface area contributed by atoms with E-state index >= 15 is 0 Å². The van der Waals surface area contributed by atoms with Gasteiger partial charge < -0.3 is 10.1 Å². The van der Waals surface area contributed by atoms with Crippen molar-refractivity contribution in [1.82, 2.24) is 4.90 Å². The Morgan fingerprint density at radius 1 is 0.931 bits per heavy atom. The van der Waals surface area contributed by atoms with Crippen LogP contribution in [0.15, 0.2) is 60.3 Å². The van der Waals surface area contributed by atoms with Crippen LogP contribution in [0.3, 0.4) is 0 Å². The zero-order chi connectivity index (χ0) is 20.6. The minimum Gasteiger partial charge on any atom is -0.381 e. The number of hydrogen-bond donors (Lipinski definition) is 1. The van der Waals surface area contributed by atoms with Gasteiger partial charge in [-0.1, -0.05) is 55.3 Å². The summed E-state index contributed by atoms with van der Waals surface area (Å²) in [6.07, 6.45) is 2.69. The number of amides is 2. The third kappa shape index (κ3) is 5.25. The first-order chi connectivity index (χ1) is 14.1. The van der Waals surface area contributed by atoms with Crippen LogP contribution in [0.4, 0.5) is 5.69 Å². The third-order valence-electron chi connectivity index (χ3n) is 4.66. The lowest BCUT2D eigenvalue weighted by molar-refractivity contribution is -0.137. The molecule has 2 aromatic carbocycles. The van der Waals surface area contributed by atoms with Crippen LogP contribution < -0.4 is 5.32 Å². The van der Waals surface area contributed by atoms with Crippen molar-refractivity contribution < 1.29 is 14.3 Å². The fraction of sp³-hybridized carbons (Fsp3) is 0.304. The Balaban J connectivity index is 1.80. The summed E-state index contributed by atoms with van der Waals surface area (Å²) in [4.78, 5) is 27.4. The zero-order valence-corrected chi connectivity index (χ0v) is 17.2. The maximum atomic E-state index is 13.1. The molecule has 0 atom stereocenters. The van der Waals surface area contributed by atoms with E-state index < -0.39 is 0 Å². The molecule has 1 aliphatic rings. The predicted octanol–water partition coefficient (Wildman–Crippen LogP) is 4.74. The highest BCUT2D eigenvalue weighted by atomic mass is 35.5. The molecule has 0 spiro atoms. The Kier molecular flexibility index (Phi) is 7.44. The number of halogens is 1.